The maximum Gasteiger partial charge on any atom is 0.407 e. The van der Waals surface area contributed by atoms with Crippen LogP contribution in [0, 0.1) is 0 Å². The third kappa shape index (κ3) is 8.19. The van der Waals surface area contributed by atoms with Crippen LogP contribution in [0.2, 0.25) is 5.02 Å². The third-order valence-electron chi connectivity index (χ3n) is 2.44. The van der Waals surface area contributed by atoms with Crippen molar-refractivity contribution in [2.75, 3.05) is 12.4 Å². The van der Waals surface area contributed by atoms with Gasteiger partial charge in [-0.3, -0.25) is 0 Å². The van der Waals surface area contributed by atoms with Gasteiger partial charge in [0.1, 0.15) is 5.60 Å². The number of halogens is 1. The van der Waals surface area contributed by atoms with Gasteiger partial charge in [-0.25, -0.2) is 4.79 Å². The number of amides is 1. The highest BCUT2D eigenvalue weighted by atomic mass is 35.5. The summed E-state index contributed by atoms with van der Waals surface area (Å²) in [6.07, 6.45) is -0.506. The largest absolute Gasteiger partial charge is 0.444 e. The van der Waals surface area contributed by atoms with Crippen LogP contribution in [0.3, 0.4) is 0 Å². The van der Waals surface area contributed by atoms with Gasteiger partial charge in [-0.15, -0.1) is 0 Å². The van der Waals surface area contributed by atoms with Gasteiger partial charge in [0.15, 0.2) is 0 Å². The Labute approximate surface area is 135 Å². The van der Waals surface area contributed by atoms with Crippen LogP contribution in [0.15, 0.2) is 24.3 Å². The molecule has 1 aromatic carbocycles. The van der Waals surface area contributed by atoms with Crippen LogP contribution in [-0.2, 0) is 10.5 Å². The van der Waals surface area contributed by atoms with Crippen molar-refractivity contribution in [3.8, 4) is 0 Å². The van der Waals surface area contributed by atoms with Crippen LogP contribution in [0.1, 0.15) is 26.3 Å². The average Bonchev–Trinajstić information content (AvgIpc) is 2.37. The first-order valence-electron chi connectivity index (χ1n) is 6.73. The van der Waals surface area contributed by atoms with Crippen molar-refractivity contribution in [1.82, 2.24) is 5.32 Å². The van der Waals surface area contributed by atoms with Crippen LogP contribution in [0.4, 0.5) is 4.79 Å². The number of carbonyl (C=O) groups is 1. The Morgan fingerprint density at radius 2 is 2.00 bits per heavy atom. The van der Waals surface area contributed by atoms with E-state index in [1.54, 1.807) is 32.5 Å². The van der Waals surface area contributed by atoms with Gasteiger partial charge < -0.3 is 15.2 Å². The van der Waals surface area contributed by atoms with Gasteiger partial charge in [0.2, 0.25) is 0 Å². The Kier molecular flexibility index (Phi) is 7.35. The second kappa shape index (κ2) is 8.51. The Morgan fingerprint density at radius 1 is 1.38 bits per heavy atom. The fourth-order valence-electron chi connectivity index (χ4n) is 1.51. The fraction of sp³-hybridized carbons (Fsp3) is 0.533. The van der Waals surface area contributed by atoms with Crippen molar-refractivity contribution < 1.29 is 14.6 Å². The number of hydrogen-bond donors (Lipinski definition) is 2. The minimum atomic E-state index is -0.541. The van der Waals surface area contributed by atoms with Crippen molar-refractivity contribution in [2.45, 2.75) is 38.2 Å². The Morgan fingerprint density at radius 3 is 2.52 bits per heavy atom. The van der Waals surface area contributed by atoms with Gasteiger partial charge in [0.25, 0.3) is 0 Å². The van der Waals surface area contributed by atoms with Gasteiger partial charge in [-0.1, -0.05) is 23.7 Å². The summed E-state index contributed by atoms with van der Waals surface area (Å²) in [6, 6.07) is 7.30. The predicted molar refractivity (Wildman–Crippen MR) is 87.9 cm³/mol. The lowest BCUT2D eigenvalue weighted by atomic mass is 10.2. The van der Waals surface area contributed by atoms with E-state index in [4.69, 9.17) is 16.3 Å². The molecular formula is C15H22ClNO3S. The molecule has 0 heterocycles. The second-order valence-electron chi connectivity index (χ2n) is 5.67. The normalized spacial score (nSPS) is 12.8. The quantitative estimate of drug-likeness (QED) is 0.838. The van der Waals surface area contributed by atoms with Gasteiger partial charge >= 0.3 is 6.09 Å². The maximum absolute atomic E-state index is 11.6. The summed E-state index contributed by atoms with van der Waals surface area (Å²) in [6.45, 7) is 5.29. The lowest BCUT2D eigenvalue weighted by Gasteiger charge is -2.22. The molecule has 118 valence electrons. The number of alkyl carbamates (subject to hydrolysis) is 1. The number of hydrogen-bond acceptors (Lipinski definition) is 4. The molecule has 0 aromatic heterocycles. The van der Waals surface area contributed by atoms with E-state index in [0.717, 1.165) is 11.3 Å². The number of thioether (sulfide) groups is 1. The molecule has 0 radical (unpaired) electrons. The molecule has 1 atom stereocenters. The Bertz CT molecular complexity index is 445. The van der Waals surface area contributed by atoms with E-state index in [-0.39, 0.29) is 12.6 Å². The van der Waals surface area contributed by atoms with E-state index in [1.165, 1.54) is 0 Å². The van der Waals surface area contributed by atoms with Crippen LogP contribution in [0.5, 0.6) is 0 Å². The summed E-state index contributed by atoms with van der Waals surface area (Å²) in [5, 5.41) is 12.7. The highest BCUT2D eigenvalue weighted by Gasteiger charge is 2.19. The minimum absolute atomic E-state index is 0.118. The summed E-state index contributed by atoms with van der Waals surface area (Å²) < 4.78 is 5.16. The SMILES string of the molecule is CC(C)(C)OC(=O)N[C@@H](CO)CSCc1ccc(Cl)cc1. The van der Waals surface area contributed by atoms with Gasteiger partial charge in [-0.05, 0) is 38.5 Å². The van der Waals surface area contributed by atoms with E-state index in [2.05, 4.69) is 5.32 Å². The topological polar surface area (TPSA) is 58.6 Å². The number of benzene rings is 1. The molecule has 0 aliphatic heterocycles. The molecule has 1 amide bonds. The number of aliphatic hydroxyl groups excluding tert-OH is 1. The molecule has 0 aliphatic carbocycles. The Hall–Kier alpha value is -0.910. The molecule has 21 heavy (non-hydrogen) atoms. The average molecular weight is 332 g/mol. The molecule has 4 nitrogen and oxygen atoms in total. The molecule has 1 rings (SSSR count). The van der Waals surface area contributed by atoms with Crippen molar-refractivity contribution in [3.63, 3.8) is 0 Å². The molecule has 0 saturated heterocycles. The highest BCUT2D eigenvalue weighted by Crippen LogP contribution is 2.16. The van der Waals surface area contributed by atoms with E-state index in [0.29, 0.717) is 10.8 Å². The zero-order chi connectivity index (χ0) is 15.9. The number of aliphatic hydroxyl groups is 1. The van der Waals surface area contributed by atoms with Gasteiger partial charge in [0, 0.05) is 16.5 Å². The number of ether oxygens (including phenoxy) is 1. The molecule has 6 heteroatoms. The maximum atomic E-state index is 11.6. The lowest BCUT2D eigenvalue weighted by molar-refractivity contribution is 0.0491. The zero-order valence-corrected chi connectivity index (χ0v) is 14.1. The summed E-state index contributed by atoms with van der Waals surface area (Å²) >= 11 is 7.46. The van der Waals surface area contributed by atoms with Crippen molar-refractivity contribution >= 4 is 29.5 Å². The smallest absolute Gasteiger partial charge is 0.407 e. The molecule has 2 N–H and O–H groups in total. The molecule has 0 bridgehead atoms. The third-order valence-corrected chi connectivity index (χ3v) is 3.87. The molecule has 0 unspecified atom stereocenters. The van der Waals surface area contributed by atoms with E-state index in [1.807, 2.05) is 24.3 Å². The standard InChI is InChI=1S/C15H22ClNO3S/c1-15(2,3)20-14(19)17-13(8-18)10-21-9-11-4-6-12(16)7-5-11/h4-7,13,18H,8-10H2,1-3H3,(H,17,19)/t13-/m0/s1. The second-order valence-corrected chi connectivity index (χ2v) is 7.13. The van der Waals surface area contributed by atoms with E-state index in [9.17, 15) is 9.90 Å². The number of carbonyl (C=O) groups excluding carboxylic acids is 1. The Balaban J connectivity index is 2.34. The van der Waals surface area contributed by atoms with Gasteiger partial charge in [0.05, 0.1) is 12.6 Å². The first kappa shape index (κ1) is 18.1. The van der Waals surface area contributed by atoms with Gasteiger partial charge in [-0.2, -0.15) is 11.8 Å². The zero-order valence-electron chi connectivity index (χ0n) is 12.6. The molecule has 0 fully saturated rings. The number of rotatable bonds is 6. The van der Waals surface area contributed by atoms with Crippen LogP contribution < -0.4 is 5.32 Å². The van der Waals surface area contributed by atoms with Crippen LogP contribution >= 0.6 is 23.4 Å². The summed E-state index contributed by atoms with van der Waals surface area (Å²) in [5.74, 6) is 1.40. The summed E-state index contributed by atoms with van der Waals surface area (Å²) in [7, 11) is 0. The van der Waals surface area contributed by atoms with Crippen LogP contribution in [0.25, 0.3) is 0 Å². The summed E-state index contributed by atoms with van der Waals surface area (Å²) in [4.78, 5) is 11.6. The molecule has 0 spiro atoms. The first-order valence-corrected chi connectivity index (χ1v) is 8.26. The van der Waals surface area contributed by atoms with E-state index >= 15 is 0 Å². The van der Waals surface area contributed by atoms with Crippen molar-refractivity contribution in [2.24, 2.45) is 0 Å². The predicted octanol–water partition coefficient (Wildman–Crippen LogP) is 3.46. The highest BCUT2D eigenvalue weighted by molar-refractivity contribution is 7.98. The van der Waals surface area contributed by atoms with E-state index < -0.39 is 11.7 Å². The molecular weight excluding hydrogens is 310 g/mol. The van der Waals surface area contributed by atoms with Crippen LogP contribution in [-0.4, -0.2) is 35.2 Å². The minimum Gasteiger partial charge on any atom is -0.444 e. The monoisotopic (exact) mass is 331 g/mol. The molecule has 0 aliphatic rings. The van der Waals surface area contributed by atoms with Crippen molar-refractivity contribution in [3.05, 3.63) is 34.9 Å². The van der Waals surface area contributed by atoms with Crippen molar-refractivity contribution in [1.29, 1.82) is 0 Å². The summed E-state index contributed by atoms with van der Waals surface area (Å²) in [5.41, 5.74) is 0.610. The first-order chi connectivity index (χ1) is 9.80. The number of nitrogens with one attached hydrogen (secondary N) is 1. The fourth-order valence-corrected chi connectivity index (χ4v) is 2.66. The molecule has 0 saturated carbocycles. The lowest BCUT2D eigenvalue weighted by Crippen LogP contribution is -2.42. The molecule has 1 aromatic rings.